The van der Waals surface area contributed by atoms with Gasteiger partial charge < -0.3 is 30.7 Å². The summed E-state index contributed by atoms with van der Waals surface area (Å²) in [5, 5.41) is 13.5. The summed E-state index contributed by atoms with van der Waals surface area (Å²) in [6, 6.07) is 16.4. The Morgan fingerprint density at radius 1 is 0.957 bits per heavy atom. The summed E-state index contributed by atoms with van der Waals surface area (Å²) in [6.07, 6.45) is 4.26. The van der Waals surface area contributed by atoms with Crippen molar-refractivity contribution in [3.05, 3.63) is 87.8 Å². The van der Waals surface area contributed by atoms with Crippen LogP contribution in [0, 0.1) is 5.82 Å². The van der Waals surface area contributed by atoms with Crippen molar-refractivity contribution in [1.82, 2.24) is 25.9 Å². The highest BCUT2D eigenvalue weighted by Crippen LogP contribution is 2.41. The highest BCUT2D eigenvalue weighted by molar-refractivity contribution is 6.39. The van der Waals surface area contributed by atoms with Gasteiger partial charge >= 0.3 is 0 Å². The van der Waals surface area contributed by atoms with Crippen molar-refractivity contribution >= 4 is 40.5 Å². The van der Waals surface area contributed by atoms with Crippen molar-refractivity contribution in [2.24, 2.45) is 0 Å². The van der Waals surface area contributed by atoms with Gasteiger partial charge in [-0.2, -0.15) is 0 Å². The van der Waals surface area contributed by atoms with Crippen molar-refractivity contribution in [3.63, 3.8) is 0 Å². The van der Waals surface area contributed by atoms with Gasteiger partial charge in [-0.3, -0.25) is 9.78 Å². The second-order valence-corrected chi connectivity index (χ2v) is 12.1. The number of ether oxygens (including phenoxy) is 2. The van der Waals surface area contributed by atoms with Crippen LogP contribution in [0.25, 0.3) is 22.5 Å². The first kappa shape index (κ1) is 32.2. The number of halogens is 3. The summed E-state index contributed by atoms with van der Waals surface area (Å²) in [6.45, 7) is 3.05. The molecule has 0 spiro atoms. The fourth-order valence-corrected chi connectivity index (χ4v) is 6.13. The summed E-state index contributed by atoms with van der Waals surface area (Å²) in [7, 11) is 1.57. The Labute approximate surface area is 277 Å². The van der Waals surface area contributed by atoms with Crippen LogP contribution in [-0.2, 0) is 22.6 Å². The Morgan fingerprint density at radius 2 is 1.74 bits per heavy atom. The van der Waals surface area contributed by atoms with Gasteiger partial charge in [0.05, 0.1) is 46.0 Å². The number of methoxy groups -OCH3 is 1. The molecule has 2 atom stereocenters. The molecule has 0 radical (unpaired) electrons. The maximum absolute atomic E-state index is 15.4. The van der Waals surface area contributed by atoms with E-state index in [9.17, 15) is 4.79 Å². The number of rotatable bonds is 13. The Kier molecular flexibility index (Phi) is 10.3. The molecule has 2 aliphatic rings. The number of carbonyl (C=O) groups is 1. The fourth-order valence-electron chi connectivity index (χ4n) is 5.55. The summed E-state index contributed by atoms with van der Waals surface area (Å²) in [4.78, 5) is 20.7. The van der Waals surface area contributed by atoms with Gasteiger partial charge in [0.2, 0.25) is 11.8 Å². The van der Waals surface area contributed by atoms with Crippen LogP contribution in [0.5, 0.6) is 5.88 Å². The third-order valence-electron chi connectivity index (χ3n) is 8.17. The molecular weight excluding hydrogens is 630 g/mol. The van der Waals surface area contributed by atoms with Crippen molar-refractivity contribution in [1.29, 1.82) is 0 Å². The van der Waals surface area contributed by atoms with Gasteiger partial charge in [-0.25, -0.2) is 9.37 Å². The van der Waals surface area contributed by atoms with Crippen LogP contribution >= 0.6 is 23.2 Å². The average molecular weight is 666 g/mol. The molecule has 12 heteroatoms. The minimum Gasteiger partial charge on any atom is -0.481 e. The maximum Gasteiger partial charge on any atom is 0.220 e. The molecule has 0 aliphatic carbocycles. The second kappa shape index (κ2) is 14.7. The Hall–Kier alpha value is -3.80. The van der Waals surface area contributed by atoms with Crippen LogP contribution in [0.1, 0.15) is 30.4 Å². The van der Waals surface area contributed by atoms with E-state index in [-0.39, 0.29) is 23.9 Å². The van der Waals surface area contributed by atoms with Crippen LogP contribution in [0.15, 0.2) is 60.8 Å². The number of amides is 1. The molecule has 240 valence electrons. The van der Waals surface area contributed by atoms with E-state index in [2.05, 4.69) is 26.3 Å². The third kappa shape index (κ3) is 7.27. The lowest BCUT2D eigenvalue weighted by atomic mass is 10.0. The molecular formula is C34H35Cl2FN6O3. The number of hydrogen-bond acceptors (Lipinski definition) is 8. The number of anilines is 2. The van der Waals surface area contributed by atoms with E-state index in [0.717, 1.165) is 25.0 Å². The van der Waals surface area contributed by atoms with E-state index in [1.54, 1.807) is 43.6 Å². The Morgan fingerprint density at radius 3 is 2.50 bits per heavy atom. The lowest BCUT2D eigenvalue weighted by Gasteiger charge is -2.26. The number of aromatic nitrogens is 2. The molecule has 2 fully saturated rings. The molecule has 6 rings (SSSR count). The molecule has 0 unspecified atom stereocenters. The molecule has 2 aliphatic heterocycles. The molecule has 2 aromatic carbocycles. The van der Waals surface area contributed by atoms with Crippen molar-refractivity contribution in [3.8, 4) is 28.4 Å². The summed E-state index contributed by atoms with van der Waals surface area (Å²) in [5.41, 5.74) is 4.57. The van der Waals surface area contributed by atoms with Crippen LogP contribution in [0.2, 0.25) is 10.0 Å². The summed E-state index contributed by atoms with van der Waals surface area (Å²) < 4.78 is 26.5. The zero-order valence-corrected chi connectivity index (χ0v) is 26.8. The van der Waals surface area contributed by atoms with E-state index in [4.69, 9.17) is 37.7 Å². The summed E-state index contributed by atoms with van der Waals surface area (Å²) >= 11 is 13.8. The van der Waals surface area contributed by atoms with E-state index >= 15 is 4.39 Å². The SMILES string of the molecule is COc1nc(-c2ccnc(-c3cccc(Nc4cccc(CNC[C@@H]5CCO5)c4F)c3Cl)c2Cl)ccc1CNC[C@@H]1CCC(=O)N1. The first-order valence-corrected chi connectivity index (χ1v) is 16.0. The number of benzene rings is 2. The first-order chi connectivity index (χ1) is 22.4. The fraction of sp³-hybridized carbons (Fsp3) is 0.324. The number of pyridine rings is 2. The minimum absolute atomic E-state index is 0.0890. The second-order valence-electron chi connectivity index (χ2n) is 11.3. The third-order valence-corrected chi connectivity index (χ3v) is 8.96. The lowest BCUT2D eigenvalue weighted by molar-refractivity contribution is -0.119. The lowest BCUT2D eigenvalue weighted by Crippen LogP contribution is -2.37. The number of carbonyl (C=O) groups excluding carboxylic acids is 1. The standard InChI is InChI=1S/C34H35Cl2FN6O3/c1-45-34-21(17-38-18-22-9-11-29(44)41-22)8-10-26(43-34)24-12-14-40-33(31(24)36)25-5-3-6-27(30(25)35)42-28-7-2-4-20(32(28)37)16-39-19-23-13-15-46-23/h2-8,10,12,14,22-23,38-39,42H,9,11,13,15-19H2,1H3,(H,41,44)/t22-,23-/m0/s1. The molecule has 0 bridgehead atoms. The molecule has 9 nitrogen and oxygen atoms in total. The Balaban J connectivity index is 1.19. The molecule has 0 saturated carbocycles. The number of hydrogen-bond donors (Lipinski definition) is 4. The van der Waals surface area contributed by atoms with E-state index in [1.165, 1.54) is 0 Å². The first-order valence-electron chi connectivity index (χ1n) is 15.3. The van der Waals surface area contributed by atoms with Gasteiger partial charge in [0.1, 0.15) is 0 Å². The molecule has 2 aromatic heterocycles. The number of nitrogens with one attached hydrogen (secondary N) is 4. The van der Waals surface area contributed by atoms with Gasteiger partial charge in [-0.05, 0) is 37.1 Å². The molecule has 4 N–H and O–H groups in total. The smallest absolute Gasteiger partial charge is 0.220 e. The van der Waals surface area contributed by atoms with Gasteiger partial charge in [0.15, 0.2) is 5.82 Å². The Bertz CT molecular complexity index is 1720. The zero-order valence-electron chi connectivity index (χ0n) is 25.3. The molecule has 4 aromatic rings. The van der Waals surface area contributed by atoms with Crippen LogP contribution in [-0.4, -0.2) is 54.8 Å². The maximum atomic E-state index is 15.4. The largest absolute Gasteiger partial charge is 0.481 e. The molecule has 46 heavy (non-hydrogen) atoms. The minimum atomic E-state index is -0.354. The van der Waals surface area contributed by atoms with Crippen molar-refractivity contribution in [2.75, 3.05) is 32.1 Å². The van der Waals surface area contributed by atoms with E-state index < -0.39 is 0 Å². The highest BCUT2D eigenvalue weighted by atomic mass is 35.5. The van der Waals surface area contributed by atoms with Crippen molar-refractivity contribution in [2.45, 2.75) is 44.5 Å². The number of nitrogens with zero attached hydrogens (tertiary/aromatic N) is 2. The van der Waals surface area contributed by atoms with Gasteiger partial charge in [0, 0.05) is 73.7 Å². The van der Waals surface area contributed by atoms with Gasteiger partial charge in [-0.15, -0.1) is 0 Å². The van der Waals surface area contributed by atoms with Gasteiger partial charge in [0.25, 0.3) is 0 Å². The van der Waals surface area contributed by atoms with E-state index in [0.29, 0.717) is 88.0 Å². The predicted molar refractivity (Wildman–Crippen MR) is 178 cm³/mol. The average Bonchev–Trinajstić information content (AvgIpc) is 3.46. The molecule has 2 saturated heterocycles. The topological polar surface area (TPSA) is 109 Å². The van der Waals surface area contributed by atoms with Crippen LogP contribution in [0.3, 0.4) is 0 Å². The quantitative estimate of drug-likeness (QED) is 0.133. The monoisotopic (exact) mass is 664 g/mol. The zero-order chi connectivity index (χ0) is 32.0. The summed E-state index contributed by atoms with van der Waals surface area (Å²) in [5.74, 6) is 0.203. The molecule has 4 heterocycles. The highest BCUT2D eigenvalue weighted by Gasteiger charge is 2.22. The van der Waals surface area contributed by atoms with Crippen LogP contribution < -0.4 is 26.0 Å². The predicted octanol–water partition coefficient (Wildman–Crippen LogP) is 6.26. The van der Waals surface area contributed by atoms with Crippen molar-refractivity contribution < 1.29 is 18.7 Å². The normalized spacial score (nSPS) is 17.4. The van der Waals surface area contributed by atoms with Crippen LogP contribution in [0.4, 0.5) is 15.8 Å². The van der Waals surface area contributed by atoms with E-state index in [1.807, 2.05) is 24.3 Å². The molecule has 1 amide bonds. The van der Waals surface area contributed by atoms with Gasteiger partial charge in [-0.1, -0.05) is 53.5 Å².